The average molecular weight is 496 g/mol. The van der Waals surface area contributed by atoms with Crippen LogP contribution < -0.4 is 10.6 Å². The van der Waals surface area contributed by atoms with Crippen molar-refractivity contribution >= 4 is 41.0 Å². The number of halogens is 1. The van der Waals surface area contributed by atoms with Crippen molar-refractivity contribution in [2.45, 2.75) is 46.7 Å². The van der Waals surface area contributed by atoms with Gasteiger partial charge in [-0.25, -0.2) is 9.98 Å². The third kappa shape index (κ3) is 4.84. The predicted octanol–water partition coefficient (Wildman–Crippen LogP) is 3.56. The summed E-state index contributed by atoms with van der Waals surface area (Å²) in [5.41, 5.74) is 4.21. The van der Waals surface area contributed by atoms with Crippen molar-refractivity contribution in [2.75, 3.05) is 6.54 Å². The van der Waals surface area contributed by atoms with Gasteiger partial charge in [-0.1, -0.05) is 31.1 Å². The Balaban J connectivity index is 0.00000280. The summed E-state index contributed by atoms with van der Waals surface area (Å²) < 4.78 is 7.54. The van der Waals surface area contributed by atoms with Crippen molar-refractivity contribution < 1.29 is 4.52 Å². The minimum Gasteiger partial charge on any atom is -0.361 e. The lowest BCUT2D eigenvalue weighted by molar-refractivity contribution is 0.380. The molecule has 0 bridgehead atoms. The number of nitrogens with zero attached hydrogens (tertiary/aromatic N) is 4. The normalized spacial score (nSPS) is 11.5. The fraction of sp³-hybridized carbons (Fsp3) is 0.450. The van der Waals surface area contributed by atoms with Gasteiger partial charge in [0.1, 0.15) is 11.6 Å². The number of benzene rings is 1. The number of nitrogens with one attached hydrogen (secondary N) is 2. The lowest BCUT2D eigenvalue weighted by atomic mass is 10.1. The van der Waals surface area contributed by atoms with Crippen LogP contribution in [0.1, 0.15) is 43.6 Å². The SMILES string of the molecule is CCNC(=NCc1c(CC)noc1CC)NCc1nc2ccccc2n1C.I. The smallest absolute Gasteiger partial charge is 0.191 e. The van der Waals surface area contributed by atoms with Gasteiger partial charge in [0.25, 0.3) is 0 Å². The molecule has 0 aliphatic heterocycles. The second-order valence-corrected chi connectivity index (χ2v) is 6.36. The molecule has 0 unspecified atom stereocenters. The number of rotatable bonds is 7. The summed E-state index contributed by atoms with van der Waals surface area (Å²) in [6, 6.07) is 8.15. The highest BCUT2D eigenvalue weighted by atomic mass is 127. The third-order valence-electron chi connectivity index (χ3n) is 4.64. The zero-order valence-electron chi connectivity index (χ0n) is 17.0. The van der Waals surface area contributed by atoms with Gasteiger partial charge in [-0.2, -0.15) is 0 Å². The van der Waals surface area contributed by atoms with Crippen LogP contribution in [0, 0.1) is 0 Å². The van der Waals surface area contributed by atoms with Crippen molar-refractivity contribution in [3.8, 4) is 0 Å². The summed E-state index contributed by atoms with van der Waals surface area (Å²) in [7, 11) is 2.04. The quantitative estimate of drug-likeness (QED) is 0.297. The van der Waals surface area contributed by atoms with E-state index in [2.05, 4.69) is 47.2 Å². The molecule has 3 aromatic rings. The largest absolute Gasteiger partial charge is 0.361 e. The summed E-state index contributed by atoms with van der Waals surface area (Å²) >= 11 is 0. The Bertz CT molecular complexity index is 909. The highest BCUT2D eigenvalue weighted by molar-refractivity contribution is 14.0. The first-order valence-corrected chi connectivity index (χ1v) is 9.56. The molecule has 2 heterocycles. The van der Waals surface area contributed by atoms with E-state index < -0.39 is 0 Å². The standard InChI is InChI=1S/C20H28N6O.HI/c1-5-15-14(18(6-2)27-25-15)12-22-20(21-7-3)23-13-19-24-16-10-8-9-11-17(16)26(19)4;/h8-11H,5-7,12-13H2,1-4H3,(H2,21,22,23);1H. The van der Waals surface area contributed by atoms with E-state index >= 15 is 0 Å². The molecule has 3 rings (SSSR count). The van der Waals surface area contributed by atoms with Crippen LogP contribution in [0.15, 0.2) is 33.8 Å². The Morgan fingerprint density at radius 2 is 1.93 bits per heavy atom. The first-order chi connectivity index (χ1) is 13.2. The summed E-state index contributed by atoms with van der Waals surface area (Å²) in [6.45, 7) is 8.15. The highest BCUT2D eigenvalue weighted by Gasteiger charge is 2.13. The maximum atomic E-state index is 5.43. The van der Waals surface area contributed by atoms with Crippen molar-refractivity contribution in [1.29, 1.82) is 0 Å². The van der Waals surface area contributed by atoms with Crippen LogP contribution in [0.3, 0.4) is 0 Å². The number of aryl methyl sites for hydroxylation is 3. The number of para-hydroxylation sites is 2. The maximum Gasteiger partial charge on any atom is 0.191 e. The summed E-state index contributed by atoms with van der Waals surface area (Å²) in [6.07, 6.45) is 1.67. The Labute approximate surface area is 183 Å². The van der Waals surface area contributed by atoms with Crippen LogP contribution in [0.25, 0.3) is 11.0 Å². The topological polar surface area (TPSA) is 80.3 Å². The second kappa shape index (κ2) is 10.4. The van der Waals surface area contributed by atoms with Gasteiger partial charge in [-0.3, -0.25) is 0 Å². The van der Waals surface area contributed by atoms with Crippen molar-refractivity contribution in [1.82, 2.24) is 25.3 Å². The number of fused-ring (bicyclic) bond motifs is 1. The molecule has 0 spiro atoms. The lowest BCUT2D eigenvalue weighted by Crippen LogP contribution is -2.37. The Hall–Kier alpha value is -2.10. The van der Waals surface area contributed by atoms with E-state index in [-0.39, 0.29) is 24.0 Å². The minimum atomic E-state index is 0. The molecular weight excluding hydrogens is 467 g/mol. The van der Waals surface area contributed by atoms with Crippen LogP contribution in [-0.4, -0.2) is 27.2 Å². The number of aliphatic imine (C=N–C) groups is 1. The monoisotopic (exact) mass is 496 g/mol. The minimum absolute atomic E-state index is 0. The molecule has 0 fully saturated rings. The van der Waals surface area contributed by atoms with Gasteiger partial charge in [0, 0.05) is 25.6 Å². The number of hydrogen-bond acceptors (Lipinski definition) is 4. The molecule has 0 saturated heterocycles. The highest BCUT2D eigenvalue weighted by Crippen LogP contribution is 2.17. The number of aromatic nitrogens is 3. The van der Waals surface area contributed by atoms with Gasteiger partial charge < -0.3 is 19.7 Å². The molecule has 28 heavy (non-hydrogen) atoms. The van der Waals surface area contributed by atoms with Crippen molar-refractivity contribution in [2.24, 2.45) is 12.0 Å². The van der Waals surface area contributed by atoms with Crippen LogP contribution in [0.4, 0.5) is 0 Å². The summed E-state index contributed by atoms with van der Waals surface area (Å²) in [5, 5.41) is 10.8. The van der Waals surface area contributed by atoms with E-state index in [1.54, 1.807) is 0 Å². The van der Waals surface area contributed by atoms with Gasteiger partial charge in [-0.05, 0) is 25.5 Å². The van der Waals surface area contributed by atoms with E-state index in [0.29, 0.717) is 13.1 Å². The summed E-state index contributed by atoms with van der Waals surface area (Å²) in [5.74, 6) is 2.65. The van der Waals surface area contributed by atoms with E-state index in [9.17, 15) is 0 Å². The first kappa shape index (κ1) is 22.2. The van der Waals surface area contributed by atoms with Crippen LogP contribution in [0.2, 0.25) is 0 Å². The number of imidazole rings is 1. The fourth-order valence-electron chi connectivity index (χ4n) is 3.13. The zero-order chi connectivity index (χ0) is 19.2. The van der Waals surface area contributed by atoms with E-state index in [1.165, 1.54) is 0 Å². The summed E-state index contributed by atoms with van der Waals surface area (Å²) in [4.78, 5) is 9.43. The molecule has 0 amide bonds. The van der Waals surface area contributed by atoms with E-state index in [1.807, 2.05) is 25.2 Å². The predicted molar refractivity (Wildman–Crippen MR) is 123 cm³/mol. The van der Waals surface area contributed by atoms with Gasteiger partial charge in [-0.15, -0.1) is 24.0 Å². The van der Waals surface area contributed by atoms with Gasteiger partial charge in [0.15, 0.2) is 5.96 Å². The zero-order valence-corrected chi connectivity index (χ0v) is 19.3. The maximum absolute atomic E-state index is 5.43. The first-order valence-electron chi connectivity index (χ1n) is 9.56. The molecule has 0 aliphatic carbocycles. The Morgan fingerprint density at radius 3 is 2.61 bits per heavy atom. The van der Waals surface area contributed by atoms with Crippen LogP contribution in [-0.2, 0) is 33.0 Å². The molecule has 152 valence electrons. The molecule has 0 aliphatic rings. The molecular formula is C20H29IN6O. The molecule has 0 atom stereocenters. The number of guanidine groups is 1. The van der Waals surface area contributed by atoms with Gasteiger partial charge in [0.2, 0.25) is 0 Å². The van der Waals surface area contributed by atoms with E-state index in [4.69, 9.17) is 14.5 Å². The molecule has 2 aromatic heterocycles. The molecule has 7 nitrogen and oxygen atoms in total. The van der Waals surface area contributed by atoms with Crippen molar-refractivity contribution in [3.63, 3.8) is 0 Å². The molecule has 8 heteroatoms. The third-order valence-corrected chi connectivity index (χ3v) is 4.64. The molecule has 0 saturated carbocycles. The molecule has 0 radical (unpaired) electrons. The molecule has 1 aromatic carbocycles. The lowest BCUT2D eigenvalue weighted by Gasteiger charge is -2.11. The fourth-order valence-corrected chi connectivity index (χ4v) is 3.13. The van der Waals surface area contributed by atoms with Gasteiger partial charge >= 0.3 is 0 Å². The van der Waals surface area contributed by atoms with Crippen LogP contribution >= 0.6 is 24.0 Å². The van der Waals surface area contributed by atoms with Crippen LogP contribution in [0.5, 0.6) is 0 Å². The van der Waals surface area contributed by atoms with E-state index in [0.717, 1.165) is 59.2 Å². The van der Waals surface area contributed by atoms with Gasteiger partial charge in [0.05, 0.1) is 29.8 Å². The molecule has 2 N–H and O–H groups in total. The Morgan fingerprint density at radius 1 is 1.14 bits per heavy atom. The number of hydrogen-bond donors (Lipinski definition) is 2. The Kier molecular flexibility index (Phi) is 8.28. The van der Waals surface area contributed by atoms with Crippen molar-refractivity contribution in [3.05, 3.63) is 47.1 Å². The average Bonchev–Trinajstić information content (AvgIpc) is 3.24. The second-order valence-electron chi connectivity index (χ2n) is 6.36.